The van der Waals surface area contributed by atoms with Gasteiger partial charge in [-0.2, -0.15) is 4.31 Å². The number of aryl methyl sites for hydroxylation is 1. The van der Waals surface area contributed by atoms with Crippen LogP contribution in [-0.4, -0.2) is 70.0 Å². The summed E-state index contributed by atoms with van der Waals surface area (Å²) in [7, 11) is -6.71. The van der Waals surface area contributed by atoms with Crippen LogP contribution in [-0.2, 0) is 19.9 Å². The fourth-order valence-corrected chi connectivity index (χ4v) is 6.36. The zero-order chi connectivity index (χ0) is 24.0. The van der Waals surface area contributed by atoms with E-state index in [-0.39, 0.29) is 11.1 Å². The maximum Gasteiger partial charge on any atom is 0.216 e. The van der Waals surface area contributed by atoms with Gasteiger partial charge in [-0.25, -0.2) is 21.8 Å². The molecule has 0 spiro atoms. The molecule has 0 amide bonds. The lowest BCUT2D eigenvalue weighted by Gasteiger charge is -2.32. The van der Waals surface area contributed by atoms with Crippen LogP contribution in [0.1, 0.15) is 25.8 Å². The number of anilines is 2. The lowest BCUT2D eigenvalue weighted by molar-refractivity contribution is 0.215. The molecule has 1 atom stereocenters. The average Bonchev–Trinajstić information content (AvgIpc) is 3.21. The highest BCUT2D eigenvalue weighted by atomic mass is 32.2. The Bertz CT molecular complexity index is 1260. The first kappa shape index (κ1) is 23.8. The van der Waals surface area contributed by atoms with Crippen LogP contribution >= 0.6 is 0 Å². The molecule has 2 aliphatic heterocycles. The minimum atomic E-state index is -3.40. The van der Waals surface area contributed by atoms with Crippen LogP contribution < -0.4 is 14.4 Å². The molecule has 33 heavy (non-hydrogen) atoms. The molecule has 0 N–H and O–H groups in total. The Labute approximate surface area is 195 Å². The smallest absolute Gasteiger partial charge is 0.216 e. The van der Waals surface area contributed by atoms with Crippen molar-refractivity contribution >= 4 is 31.2 Å². The molecule has 0 saturated carbocycles. The Balaban J connectivity index is 1.57. The van der Waals surface area contributed by atoms with E-state index in [4.69, 9.17) is 9.47 Å². The number of hydrogen-bond acceptors (Lipinski definition) is 8. The first-order valence-corrected chi connectivity index (χ1v) is 14.2. The minimum absolute atomic E-state index is 0.0685. The molecule has 180 valence electrons. The van der Waals surface area contributed by atoms with Crippen molar-refractivity contribution in [2.45, 2.75) is 43.6 Å². The second-order valence-corrected chi connectivity index (χ2v) is 13.1. The molecule has 1 aromatic carbocycles. The molecule has 0 bridgehead atoms. The highest BCUT2D eigenvalue weighted by molar-refractivity contribution is 7.90. The van der Waals surface area contributed by atoms with Crippen molar-refractivity contribution in [3.05, 3.63) is 36.0 Å². The van der Waals surface area contributed by atoms with Crippen LogP contribution in [0, 0.1) is 6.92 Å². The molecule has 4 rings (SSSR count). The molecule has 0 radical (unpaired) electrons. The molecule has 3 heterocycles. The van der Waals surface area contributed by atoms with Crippen molar-refractivity contribution < 1.29 is 26.3 Å². The summed E-state index contributed by atoms with van der Waals surface area (Å²) in [6, 6.07) is 7.32. The predicted molar refractivity (Wildman–Crippen MR) is 126 cm³/mol. The van der Waals surface area contributed by atoms with Crippen LogP contribution in [0.4, 0.5) is 11.4 Å². The van der Waals surface area contributed by atoms with Crippen molar-refractivity contribution in [3.8, 4) is 11.5 Å². The third kappa shape index (κ3) is 4.80. The first-order chi connectivity index (χ1) is 15.5. The Morgan fingerprint density at radius 2 is 1.91 bits per heavy atom. The average molecular weight is 496 g/mol. The molecular weight excluding hydrogens is 466 g/mol. The number of fused-ring (bicyclic) bond motifs is 1. The largest absolute Gasteiger partial charge is 0.490 e. The summed E-state index contributed by atoms with van der Waals surface area (Å²) < 4.78 is 62.1. The normalized spacial score (nSPS) is 19.4. The highest BCUT2D eigenvalue weighted by Crippen LogP contribution is 2.40. The summed E-state index contributed by atoms with van der Waals surface area (Å²) in [5, 5.41) is -0.393. The molecule has 2 aromatic rings. The molecular formula is C22H29N3O6S2. The molecule has 1 aromatic heterocycles. The number of nitrogens with zero attached hydrogens (tertiary/aromatic N) is 3. The van der Waals surface area contributed by atoms with Gasteiger partial charge >= 0.3 is 0 Å². The summed E-state index contributed by atoms with van der Waals surface area (Å²) in [5.74, 6) is 1.31. The van der Waals surface area contributed by atoms with Gasteiger partial charge < -0.3 is 14.4 Å². The number of benzene rings is 1. The third-order valence-electron chi connectivity index (χ3n) is 5.84. The summed E-state index contributed by atoms with van der Waals surface area (Å²) in [4.78, 5) is 6.20. The van der Waals surface area contributed by atoms with Crippen LogP contribution in [0.5, 0.6) is 11.5 Å². The zero-order valence-corrected chi connectivity index (χ0v) is 20.8. The number of pyridine rings is 1. The highest BCUT2D eigenvalue weighted by Gasteiger charge is 2.34. The third-order valence-corrected chi connectivity index (χ3v) is 9.21. The SMILES string of the molecule is Cc1cc(N2CCOc3ccc(OC4CCN(S(=O)(=O)C(C)C)C4)cc32)cnc1S(C)(=O)=O. The van der Waals surface area contributed by atoms with E-state index in [0.29, 0.717) is 49.7 Å². The second-order valence-electron chi connectivity index (χ2n) is 8.70. The van der Waals surface area contributed by atoms with E-state index in [1.165, 1.54) is 4.31 Å². The minimum Gasteiger partial charge on any atom is -0.490 e. The Morgan fingerprint density at radius 3 is 2.58 bits per heavy atom. The van der Waals surface area contributed by atoms with Gasteiger partial charge in [-0.1, -0.05) is 0 Å². The standard InChI is InChI=1S/C22H29N3O6S2/c1-15(2)33(28,29)24-8-7-19(14-24)31-18-5-6-21-20(12-18)25(9-10-30-21)17-11-16(3)22(23-13-17)32(4,26)27/h5-6,11-13,15,19H,7-10,14H2,1-4H3. The monoisotopic (exact) mass is 495 g/mol. The van der Waals surface area contributed by atoms with E-state index >= 15 is 0 Å². The van der Waals surface area contributed by atoms with Crippen LogP contribution in [0.25, 0.3) is 0 Å². The molecule has 1 unspecified atom stereocenters. The van der Waals surface area contributed by atoms with E-state index < -0.39 is 25.1 Å². The zero-order valence-electron chi connectivity index (χ0n) is 19.2. The molecule has 1 fully saturated rings. The fraction of sp³-hybridized carbons (Fsp3) is 0.500. The van der Waals surface area contributed by atoms with E-state index in [9.17, 15) is 16.8 Å². The lowest BCUT2D eigenvalue weighted by atomic mass is 10.2. The van der Waals surface area contributed by atoms with E-state index in [0.717, 1.165) is 17.6 Å². The maximum atomic E-state index is 12.4. The van der Waals surface area contributed by atoms with Gasteiger partial charge in [0.05, 0.1) is 35.9 Å². The van der Waals surface area contributed by atoms with E-state index in [1.807, 2.05) is 23.1 Å². The second kappa shape index (κ2) is 8.77. The summed E-state index contributed by atoms with van der Waals surface area (Å²) in [5.41, 5.74) is 2.13. The molecule has 0 aliphatic carbocycles. The van der Waals surface area contributed by atoms with Gasteiger partial charge in [-0.3, -0.25) is 0 Å². The lowest BCUT2D eigenvalue weighted by Crippen LogP contribution is -2.35. The number of aromatic nitrogens is 1. The van der Waals surface area contributed by atoms with Crippen LogP contribution in [0.3, 0.4) is 0 Å². The quantitative estimate of drug-likeness (QED) is 0.602. The van der Waals surface area contributed by atoms with Gasteiger partial charge in [0.15, 0.2) is 14.9 Å². The summed E-state index contributed by atoms with van der Waals surface area (Å²) in [6.07, 6.45) is 3.09. The van der Waals surface area contributed by atoms with E-state index in [2.05, 4.69) is 4.98 Å². The topological polar surface area (TPSA) is 106 Å². The molecule has 2 aliphatic rings. The molecule has 1 saturated heterocycles. The van der Waals surface area contributed by atoms with Gasteiger partial charge in [0.1, 0.15) is 24.2 Å². The predicted octanol–water partition coefficient (Wildman–Crippen LogP) is 2.52. The number of hydrogen-bond donors (Lipinski definition) is 0. The van der Waals surface area contributed by atoms with Crippen molar-refractivity contribution in [3.63, 3.8) is 0 Å². The fourth-order valence-electron chi connectivity index (χ4n) is 4.14. The van der Waals surface area contributed by atoms with E-state index in [1.54, 1.807) is 33.0 Å². The maximum absolute atomic E-state index is 12.4. The number of rotatable bonds is 6. The van der Waals surface area contributed by atoms with Gasteiger partial charge in [0, 0.05) is 18.9 Å². The summed E-state index contributed by atoms with van der Waals surface area (Å²) >= 11 is 0. The van der Waals surface area contributed by atoms with Crippen molar-refractivity contribution in [1.29, 1.82) is 0 Å². The Morgan fingerprint density at radius 1 is 1.15 bits per heavy atom. The van der Waals surface area contributed by atoms with Crippen molar-refractivity contribution in [1.82, 2.24) is 9.29 Å². The number of sulfone groups is 1. The van der Waals surface area contributed by atoms with Crippen LogP contribution in [0.2, 0.25) is 0 Å². The van der Waals surface area contributed by atoms with Gasteiger partial charge in [-0.05, 0) is 51.0 Å². The number of ether oxygens (including phenoxy) is 2. The van der Waals surface area contributed by atoms with Crippen LogP contribution in [0.15, 0.2) is 35.5 Å². The number of sulfonamides is 1. The van der Waals surface area contributed by atoms with Gasteiger partial charge in [0.25, 0.3) is 0 Å². The molecule has 11 heteroatoms. The Hall–Kier alpha value is -2.37. The van der Waals surface area contributed by atoms with Crippen molar-refractivity contribution in [2.75, 3.05) is 37.4 Å². The molecule has 9 nitrogen and oxygen atoms in total. The van der Waals surface area contributed by atoms with Gasteiger partial charge in [0.2, 0.25) is 10.0 Å². The van der Waals surface area contributed by atoms with Gasteiger partial charge in [-0.15, -0.1) is 0 Å². The Kier molecular flexibility index (Phi) is 6.32. The first-order valence-electron chi connectivity index (χ1n) is 10.8. The van der Waals surface area contributed by atoms with Crippen molar-refractivity contribution in [2.24, 2.45) is 0 Å². The summed E-state index contributed by atoms with van der Waals surface area (Å²) in [6.45, 7) is 6.91.